The number of likely N-dealkylation sites (N-methyl/N-ethyl adjacent to an activating group) is 1. The van der Waals surface area contributed by atoms with Gasteiger partial charge in [0.05, 0.1) is 6.04 Å². The Bertz CT molecular complexity index is 573. The predicted octanol–water partition coefficient (Wildman–Crippen LogP) is 1.52. The number of carbonyl (C=O) groups excluding carboxylic acids is 3. The number of urea groups is 1. The number of imide groups is 1. The van der Waals surface area contributed by atoms with E-state index in [0.29, 0.717) is 0 Å². The molecule has 0 spiro atoms. The fraction of sp³-hybridized carbons (Fsp3) is 0.357. The SMILES string of the molecule is CC(NC(=O)CN1C(=O)CN(C)C1=O)c1ccc(Br)cc1. The van der Waals surface area contributed by atoms with Crippen LogP contribution in [0, 0.1) is 0 Å². The van der Waals surface area contributed by atoms with Crippen LogP contribution < -0.4 is 5.32 Å². The summed E-state index contributed by atoms with van der Waals surface area (Å²) in [6.45, 7) is 1.62. The number of hydrogen-bond acceptors (Lipinski definition) is 3. The normalized spacial score (nSPS) is 16.3. The summed E-state index contributed by atoms with van der Waals surface area (Å²) in [5, 5.41) is 2.78. The maximum atomic E-state index is 12.0. The minimum Gasteiger partial charge on any atom is -0.348 e. The van der Waals surface area contributed by atoms with Crippen molar-refractivity contribution in [3.8, 4) is 0 Å². The van der Waals surface area contributed by atoms with Crippen LogP contribution in [0.25, 0.3) is 0 Å². The van der Waals surface area contributed by atoms with Crippen LogP contribution in [0.3, 0.4) is 0 Å². The van der Waals surface area contributed by atoms with Gasteiger partial charge >= 0.3 is 6.03 Å². The van der Waals surface area contributed by atoms with Crippen molar-refractivity contribution in [2.75, 3.05) is 20.1 Å². The molecular formula is C14H16BrN3O3. The summed E-state index contributed by atoms with van der Waals surface area (Å²) < 4.78 is 0.959. The maximum absolute atomic E-state index is 12.0. The van der Waals surface area contributed by atoms with Gasteiger partial charge in [-0.1, -0.05) is 28.1 Å². The molecule has 112 valence electrons. The van der Waals surface area contributed by atoms with Gasteiger partial charge in [-0.2, -0.15) is 0 Å². The van der Waals surface area contributed by atoms with Gasteiger partial charge in [0, 0.05) is 11.5 Å². The molecule has 0 radical (unpaired) electrons. The molecule has 1 aliphatic heterocycles. The minimum absolute atomic E-state index is 0.0222. The van der Waals surface area contributed by atoms with E-state index in [0.717, 1.165) is 14.9 Å². The smallest absolute Gasteiger partial charge is 0.327 e. The average Bonchev–Trinajstić information content (AvgIpc) is 2.66. The van der Waals surface area contributed by atoms with Crippen LogP contribution in [-0.2, 0) is 9.59 Å². The van der Waals surface area contributed by atoms with Crippen LogP contribution in [0.2, 0.25) is 0 Å². The van der Waals surface area contributed by atoms with Gasteiger partial charge in [-0.25, -0.2) is 4.79 Å². The zero-order chi connectivity index (χ0) is 15.6. The van der Waals surface area contributed by atoms with Gasteiger partial charge in [-0.05, 0) is 24.6 Å². The molecule has 1 atom stereocenters. The van der Waals surface area contributed by atoms with Crippen molar-refractivity contribution in [1.82, 2.24) is 15.1 Å². The third-order valence-corrected chi connectivity index (χ3v) is 3.81. The second-order valence-corrected chi connectivity index (χ2v) is 5.87. The molecule has 2 rings (SSSR count). The lowest BCUT2D eigenvalue weighted by molar-refractivity contribution is -0.131. The van der Waals surface area contributed by atoms with Gasteiger partial charge in [-0.3, -0.25) is 14.5 Å². The first-order chi connectivity index (χ1) is 9.88. The number of nitrogens with zero attached hydrogens (tertiary/aromatic N) is 2. The monoisotopic (exact) mass is 353 g/mol. The molecule has 1 fully saturated rings. The van der Waals surface area contributed by atoms with Crippen molar-refractivity contribution in [2.24, 2.45) is 0 Å². The highest BCUT2D eigenvalue weighted by Crippen LogP contribution is 2.16. The van der Waals surface area contributed by atoms with Crippen molar-refractivity contribution < 1.29 is 14.4 Å². The van der Waals surface area contributed by atoms with E-state index in [2.05, 4.69) is 21.2 Å². The first-order valence-electron chi connectivity index (χ1n) is 6.49. The molecule has 7 heteroatoms. The Balaban J connectivity index is 1.94. The maximum Gasteiger partial charge on any atom is 0.327 e. The number of hydrogen-bond donors (Lipinski definition) is 1. The van der Waals surface area contributed by atoms with Crippen LogP contribution in [0.1, 0.15) is 18.5 Å². The molecule has 1 aliphatic rings. The molecule has 0 aromatic heterocycles. The Morgan fingerprint density at radius 3 is 2.48 bits per heavy atom. The number of rotatable bonds is 4. The van der Waals surface area contributed by atoms with E-state index >= 15 is 0 Å². The number of halogens is 1. The lowest BCUT2D eigenvalue weighted by atomic mass is 10.1. The summed E-state index contributed by atoms with van der Waals surface area (Å²) in [5.41, 5.74) is 0.947. The Morgan fingerprint density at radius 1 is 1.33 bits per heavy atom. The van der Waals surface area contributed by atoms with E-state index in [1.807, 2.05) is 31.2 Å². The van der Waals surface area contributed by atoms with Crippen molar-refractivity contribution in [3.05, 3.63) is 34.3 Å². The summed E-state index contributed by atoms with van der Waals surface area (Å²) in [6, 6.07) is 6.94. The van der Waals surface area contributed by atoms with Gasteiger partial charge in [0.15, 0.2) is 0 Å². The summed E-state index contributed by atoms with van der Waals surface area (Å²) in [6.07, 6.45) is 0. The zero-order valence-electron chi connectivity index (χ0n) is 11.8. The number of nitrogens with one attached hydrogen (secondary N) is 1. The van der Waals surface area contributed by atoms with Crippen LogP contribution in [0.15, 0.2) is 28.7 Å². The Hall–Kier alpha value is -1.89. The van der Waals surface area contributed by atoms with Gasteiger partial charge in [0.25, 0.3) is 5.91 Å². The second kappa shape index (κ2) is 6.26. The molecule has 0 aliphatic carbocycles. The predicted molar refractivity (Wildman–Crippen MR) is 80.4 cm³/mol. The third-order valence-electron chi connectivity index (χ3n) is 3.28. The Kier molecular flexibility index (Phi) is 4.62. The molecule has 0 saturated carbocycles. The summed E-state index contributed by atoms with van der Waals surface area (Å²) in [7, 11) is 1.53. The molecular weight excluding hydrogens is 338 g/mol. The van der Waals surface area contributed by atoms with E-state index in [4.69, 9.17) is 0 Å². The molecule has 4 amide bonds. The van der Waals surface area contributed by atoms with E-state index in [1.165, 1.54) is 11.9 Å². The standard InChI is InChI=1S/C14H16BrN3O3/c1-9(10-3-5-11(15)6-4-10)16-12(19)7-18-13(20)8-17(2)14(18)21/h3-6,9H,7-8H2,1-2H3,(H,16,19). The van der Waals surface area contributed by atoms with Crippen molar-refractivity contribution >= 4 is 33.8 Å². The number of amides is 4. The zero-order valence-corrected chi connectivity index (χ0v) is 13.4. The van der Waals surface area contributed by atoms with Crippen molar-refractivity contribution in [2.45, 2.75) is 13.0 Å². The Morgan fingerprint density at radius 2 is 1.95 bits per heavy atom. The van der Waals surface area contributed by atoms with Crippen LogP contribution in [0.4, 0.5) is 4.79 Å². The van der Waals surface area contributed by atoms with Crippen molar-refractivity contribution in [1.29, 1.82) is 0 Å². The van der Waals surface area contributed by atoms with Crippen LogP contribution in [-0.4, -0.2) is 47.8 Å². The summed E-state index contributed by atoms with van der Waals surface area (Å²) >= 11 is 3.35. The van der Waals surface area contributed by atoms with E-state index in [1.54, 1.807) is 0 Å². The molecule has 1 N–H and O–H groups in total. The lowest BCUT2D eigenvalue weighted by Gasteiger charge is -2.17. The van der Waals surface area contributed by atoms with Gasteiger partial charge in [0.2, 0.25) is 5.91 Å². The third kappa shape index (κ3) is 3.60. The molecule has 1 unspecified atom stereocenters. The fourth-order valence-electron chi connectivity index (χ4n) is 2.09. The highest BCUT2D eigenvalue weighted by molar-refractivity contribution is 9.10. The molecule has 6 nitrogen and oxygen atoms in total. The number of benzene rings is 1. The fourth-order valence-corrected chi connectivity index (χ4v) is 2.35. The average molecular weight is 354 g/mol. The number of carbonyl (C=O) groups is 3. The second-order valence-electron chi connectivity index (χ2n) is 4.96. The molecule has 1 saturated heterocycles. The molecule has 21 heavy (non-hydrogen) atoms. The van der Waals surface area contributed by atoms with Crippen molar-refractivity contribution in [3.63, 3.8) is 0 Å². The first-order valence-corrected chi connectivity index (χ1v) is 7.28. The summed E-state index contributed by atoms with van der Waals surface area (Å²) in [5.74, 6) is -0.712. The lowest BCUT2D eigenvalue weighted by Crippen LogP contribution is -2.41. The molecule has 0 bridgehead atoms. The highest BCUT2D eigenvalue weighted by Gasteiger charge is 2.34. The largest absolute Gasteiger partial charge is 0.348 e. The van der Waals surface area contributed by atoms with E-state index < -0.39 is 6.03 Å². The Labute approximate surface area is 131 Å². The molecule has 1 heterocycles. The minimum atomic E-state index is -0.438. The quantitative estimate of drug-likeness (QED) is 0.834. The van der Waals surface area contributed by atoms with Crippen LogP contribution in [0.5, 0.6) is 0 Å². The molecule has 1 aromatic rings. The van der Waals surface area contributed by atoms with Crippen LogP contribution >= 0.6 is 15.9 Å². The molecule has 1 aromatic carbocycles. The summed E-state index contributed by atoms with van der Waals surface area (Å²) in [4.78, 5) is 37.5. The first kappa shape index (κ1) is 15.5. The van der Waals surface area contributed by atoms with E-state index in [9.17, 15) is 14.4 Å². The highest BCUT2D eigenvalue weighted by atomic mass is 79.9. The van der Waals surface area contributed by atoms with Gasteiger partial charge < -0.3 is 10.2 Å². The van der Waals surface area contributed by atoms with Gasteiger partial charge in [0.1, 0.15) is 13.1 Å². The van der Waals surface area contributed by atoms with Gasteiger partial charge in [-0.15, -0.1) is 0 Å². The van der Waals surface area contributed by atoms with E-state index in [-0.39, 0.29) is 30.9 Å². The topological polar surface area (TPSA) is 69.7 Å².